The van der Waals surface area contributed by atoms with Crippen LogP contribution in [0.4, 0.5) is 0 Å². The zero-order chi connectivity index (χ0) is 13.7. The maximum absolute atomic E-state index is 10.1. The van der Waals surface area contributed by atoms with Gasteiger partial charge in [0.05, 0.1) is 24.5 Å². The Morgan fingerprint density at radius 1 is 1.42 bits per heavy atom. The Balaban J connectivity index is 1.88. The van der Waals surface area contributed by atoms with Crippen molar-refractivity contribution < 1.29 is 14.7 Å². The first-order chi connectivity index (χ1) is 9.15. The summed E-state index contributed by atoms with van der Waals surface area (Å²) in [5.41, 5.74) is -0.923. The molecule has 1 fully saturated rings. The van der Waals surface area contributed by atoms with E-state index >= 15 is 0 Å². The van der Waals surface area contributed by atoms with Gasteiger partial charge >= 0.3 is 0 Å². The molecule has 0 radical (unpaired) electrons. The molecule has 0 amide bonds. The fourth-order valence-corrected chi connectivity index (χ4v) is 2.66. The molecule has 2 N–H and O–H groups in total. The molecule has 1 aromatic rings. The number of aliphatic hydroxyl groups is 2. The van der Waals surface area contributed by atoms with Crippen LogP contribution in [0.15, 0.2) is 4.52 Å². The van der Waals surface area contributed by atoms with Crippen molar-refractivity contribution >= 4 is 11.8 Å². The van der Waals surface area contributed by atoms with E-state index in [1.807, 2.05) is 6.26 Å². The molecule has 1 saturated heterocycles. The number of hydrogen-bond acceptors (Lipinski definition) is 7. The number of nitrogens with zero attached hydrogens (tertiary/aromatic N) is 3. The second-order valence-electron chi connectivity index (χ2n) is 5.05. The van der Waals surface area contributed by atoms with Crippen LogP contribution in [0, 0.1) is 0 Å². The molecule has 0 spiro atoms. The fourth-order valence-electron chi connectivity index (χ4n) is 2.28. The lowest BCUT2D eigenvalue weighted by molar-refractivity contribution is -0.0256. The quantitative estimate of drug-likeness (QED) is 0.822. The van der Waals surface area contributed by atoms with Crippen LogP contribution < -0.4 is 0 Å². The van der Waals surface area contributed by atoms with Crippen LogP contribution in [0.5, 0.6) is 0 Å². The lowest BCUT2D eigenvalue weighted by atomic mass is 9.96. The number of thioether (sulfide) groups is 1. The zero-order valence-corrected chi connectivity index (χ0v) is 12.0. The van der Waals surface area contributed by atoms with Gasteiger partial charge in [0, 0.05) is 6.54 Å². The minimum absolute atomic E-state index is 0.167. The van der Waals surface area contributed by atoms with Crippen LogP contribution in [0.25, 0.3) is 0 Å². The van der Waals surface area contributed by atoms with E-state index in [1.54, 1.807) is 11.8 Å². The topological polar surface area (TPSA) is 82.6 Å². The minimum Gasteiger partial charge on any atom is -0.393 e. The monoisotopic (exact) mass is 287 g/mol. The van der Waals surface area contributed by atoms with Crippen molar-refractivity contribution in [1.29, 1.82) is 0 Å². The lowest BCUT2D eigenvalue weighted by Crippen LogP contribution is -2.34. The molecule has 0 unspecified atom stereocenters. The summed E-state index contributed by atoms with van der Waals surface area (Å²) in [6.07, 6.45) is 4.08. The average Bonchev–Trinajstić information content (AvgIpc) is 2.75. The van der Waals surface area contributed by atoms with E-state index in [0.717, 1.165) is 31.1 Å². The summed E-state index contributed by atoms with van der Waals surface area (Å²) in [5.74, 6) is 2.11. The maximum Gasteiger partial charge on any atom is 0.240 e. The molecule has 1 aliphatic rings. The van der Waals surface area contributed by atoms with E-state index in [-0.39, 0.29) is 6.61 Å². The standard InChI is InChI=1S/C12H21N3O3S/c1-19-8-10-13-11(18-14-10)7-15-5-2-3-12(17,9-16)4-6-15/h16-17H,2-9H2,1H3/t12-/m0/s1. The Morgan fingerprint density at radius 2 is 2.26 bits per heavy atom. The Labute approximate surface area is 117 Å². The molecular weight excluding hydrogens is 266 g/mol. The van der Waals surface area contributed by atoms with Crippen LogP contribution in [0.1, 0.15) is 31.0 Å². The zero-order valence-electron chi connectivity index (χ0n) is 11.2. The van der Waals surface area contributed by atoms with Crippen LogP contribution in [-0.4, -0.2) is 56.8 Å². The number of aliphatic hydroxyl groups excluding tert-OH is 1. The van der Waals surface area contributed by atoms with Crippen molar-refractivity contribution in [3.63, 3.8) is 0 Å². The average molecular weight is 287 g/mol. The van der Waals surface area contributed by atoms with Crippen molar-refractivity contribution in [3.05, 3.63) is 11.7 Å². The number of rotatable bonds is 5. The summed E-state index contributed by atoms with van der Waals surface area (Å²) >= 11 is 1.66. The van der Waals surface area contributed by atoms with Crippen LogP contribution in [0.3, 0.4) is 0 Å². The first-order valence-corrected chi connectivity index (χ1v) is 7.90. The molecule has 0 aromatic carbocycles. The molecule has 0 aliphatic carbocycles. The minimum atomic E-state index is -0.923. The predicted molar refractivity (Wildman–Crippen MR) is 72.7 cm³/mol. The first-order valence-electron chi connectivity index (χ1n) is 6.51. The highest BCUT2D eigenvalue weighted by Gasteiger charge is 2.29. The highest BCUT2D eigenvalue weighted by atomic mass is 32.2. The van der Waals surface area contributed by atoms with Crippen molar-refractivity contribution in [1.82, 2.24) is 15.0 Å². The number of likely N-dealkylation sites (tertiary alicyclic amines) is 1. The van der Waals surface area contributed by atoms with Gasteiger partial charge in [0.15, 0.2) is 5.82 Å². The smallest absolute Gasteiger partial charge is 0.240 e. The summed E-state index contributed by atoms with van der Waals surface area (Å²) in [6, 6.07) is 0. The molecule has 2 heterocycles. The van der Waals surface area contributed by atoms with Crippen LogP contribution in [0.2, 0.25) is 0 Å². The van der Waals surface area contributed by atoms with Gasteiger partial charge in [-0.15, -0.1) is 0 Å². The largest absolute Gasteiger partial charge is 0.393 e. The summed E-state index contributed by atoms with van der Waals surface area (Å²) in [5, 5.41) is 23.2. The number of hydrogen-bond donors (Lipinski definition) is 2. The molecule has 0 bridgehead atoms. The fraction of sp³-hybridized carbons (Fsp3) is 0.833. The van der Waals surface area contributed by atoms with Crippen molar-refractivity contribution in [2.45, 2.75) is 37.2 Å². The maximum atomic E-state index is 10.1. The Hall–Kier alpha value is -0.630. The van der Waals surface area contributed by atoms with Gasteiger partial charge in [-0.3, -0.25) is 4.90 Å². The normalized spacial score (nSPS) is 25.4. The predicted octanol–water partition coefficient (Wildman–Crippen LogP) is 0.642. The summed E-state index contributed by atoms with van der Waals surface area (Å²) in [7, 11) is 0. The molecule has 1 aromatic heterocycles. The molecule has 19 heavy (non-hydrogen) atoms. The molecule has 7 heteroatoms. The van der Waals surface area contributed by atoms with Gasteiger partial charge in [0.25, 0.3) is 0 Å². The Kier molecular flexibility index (Phi) is 5.20. The molecule has 0 saturated carbocycles. The van der Waals surface area contributed by atoms with Crippen molar-refractivity contribution in [3.8, 4) is 0 Å². The van der Waals surface area contributed by atoms with E-state index in [1.165, 1.54) is 0 Å². The molecule has 6 nitrogen and oxygen atoms in total. The van der Waals surface area contributed by atoms with E-state index in [2.05, 4.69) is 15.0 Å². The van der Waals surface area contributed by atoms with Crippen molar-refractivity contribution in [2.75, 3.05) is 26.0 Å². The van der Waals surface area contributed by atoms with E-state index in [9.17, 15) is 10.2 Å². The third-order valence-corrected chi connectivity index (χ3v) is 3.99. The van der Waals surface area contributed by atoms with Gasteiger partial charge in [-0.1, -0.05) is 5.16 Å². The van der Waals surface area contributed by atoms with Crippen LogP contribution in [-0.2, 0) is 12.3 Å². The van der Waals surface area contributed by atoms with Gasteiger partial charge in [-0.05, 0) is 32.1 Å². The SMILES string of the molecule is CSCc1noc(CN2CCC[C@@](O)(CO)CC2)n1. The van der Waals surface area contributed by atoms with Crippen molar-refractivity contribution in [2.24, 2.45) is 0 Å². The summed E-state index contributed by atoms with van der Waals surface area (Å²) in [4.78, 5) is 6.51. The van der Waals surface area contributed by atoms with E-state index in [0.29, 0.717) is 25.3 Å². The number of aromatic nitrogens is 2. The van der Waals surface area contributed by atoms with E-state index in [4.69, 9.17) is 4.52 Å². The lowest BCUT2D eigenvalue weighted by Gasteiger charge is -2.23. The van der Waals surface area contributed by atoms with Gasteiger partial charge < -0.3 is 14.7 Å². The van der Waals surface area contributed by atoms with Gasteiger partial charge in [-0.25, -0.2) is 0 Å². The van der Waals surface area contributed by atoms with Gasteiger partial charge in [-0.2, -0.15) is 16.7 Å². The summed E-state index contributed by atoms with van der Waals surface area (Å²) < 4.78 is 5.21. The molecular formula is C12H21N3O3S. The second-order valence-corrected chi connectivity index (χ2v) is 5.92. The van der Waals surface area contributed by atoms with Gasteiger partial charge in [0.1, 0.15) is 0 Å². The van der Waals surface area contributed by atoms with Crippen LogP contribution >= 0.6 is 11.8 Å². The Morgan fingerprint density at radius 3 is 3.00 bits per heavy atom. The molecule has 108 valence electrons. The van der Waals surface area contributed by atoms with Gasteiger partial charge in [0.2, 0.25) is 5.89 Å². The summed E-state index contributed by atoms with van der Waals surface area (Å²) in [6.45, 7) is 2.06. The highest BCUT2D eigenvalue weighted by Crippen LogP contribution is 2.22. The third kappa shape index (κ3) is 4.17. The van der Waals surface area contributed by atoms with E-state index < -0.39 is 5.60 Å². The molecule has 1 atom stereocenters. The Bertz CT molecular complexity index is 401. The first kappa shape index (κ1) is 14.8. The third-order valence-electron chi connectivity index (χ3n) is 3.45. The molecule has 2 rings (SSSR count). The highest BCUT2D eigenvalue weighted by molar-refractivity contribution is 7.97. The molecule has 1 aliphatic heterocycles. The second kappa shape index (κ2) is 6.69.